The molecule has 1 fully saturated rings. The molecule has 8 heteroatoms. The Morgan fingerprint density at radius 3 is 2.14 bits per heavy atom. The minimum absolute atomic E-state index is 0.0733. The van der Waals surface area contributed by atoms with E-state index >= 15 is 0 Å². The number of anilines is 1. The third kappa shape index (κ3) is 3.29. The van der Waals surface area contributed by atoms with E-state index in [1.54, 1.807) is 18.2 Å². The minimum atomic E-state index is -0.745. The van der Waals surface area contributed by atoms with Gasteiger partial charge in [0.2, 0.25) is 11.8 Å². The van der Waals surface area contributed by atoms with Gasteiger partial charge in [0.1, 0.15) is 0 Å². The fraction of sp³-hybridized carbons (Fsp3) is 0.190. The lowest BCUT2D eigenvalue weighted by atomic mass is 9.85. The van der Waals surface area contributed by atoms with Gasteiger partial charge in [-0.1, -0.05) is 24.3 Å². The summed E-state index contributed by atoms with van der Waals surface area (Å²) < 4.78 is 5.42. The summed E-state index contributed by atoms with van der Waals surface area (Å²) in [4.78, 5) is 49.4. The van der Waals surface area contributed by atoms with Crippen molar-refractivity contribution >= 4 is 29.2 Å². The van der Waals surface area contributed by atoms with Gasteiger partial charge in [-0.3, -0.25) is 19.7 Å². The number of para-hydroxylation sites is 2. The molecule has 1 aliphatic heterocycles. The Kier molecular flexibility index (Phi) is 4.67. The van der Waals surface area contributed by atoms with Gasteiger partial charge in [0.15, 0.2) is 5.75 Å². The van der Waals surface area contributed by atoms with Crippen molar-refractivity contribution in [2.45, 2.75) is 12.8 Å². The van der Waals surface area contributed by atoms with E-state index in [1.165, 1.54) is 30.3 Å². The fourth-order valence-corrected chi connectivity index (χ4v) is 3.64. The van der Waals surface area contributed by atoms with Gasteiger partial charge < -0.3 is 4.74 Å². The van der Waals surface area contributed by atoms with Gasteiger partial charge in [-0.15, -0.1) is 0 Å². The zero-order chi connectivity index (χ0) is 20.5. The maximum atomic E-state index is 12.8. The Hall–Kier alpha value is -3.81. The lowest BCUT2D eigenvalue weighted by Gasteiger charge is -2.18. The van der Waals surface area contributed by atoms with Crippen LogP contribution in [-0.2, 0) is 9.59 Å². The molecule has 4 rings (SSSR count). The number of hydrogen-bond acceptors (Lipinski definition) is 6. The summed E-state index contributed by atoms with van der Waals surface area (Å²) in [6, 6.07) is 11.3. The number of amides is 2. The molecule has 29 heavy (non-hydrogen) atoms. The molecule has 0 radical (unpaired) electrons. The van der Waals surface area contributed by atoms with Crippen molar-refractivity contribution in [3.05, 3.63) is 76.4 Å². The van der Waals surface area contributed by atoms with Crippen LogP contribution in [0, 0.1) is 22.0 Å². The van der Waals surface area contributed by atoms with Crippen LogP contribution in [-0.4, -0.2) is 22.7 Å². The molecule has 0 bridgehead atoms. The smallest absolute Gasteiger partial charge is 0.343 e. The highest BCUT2D eigenvalue weighted by atomic mass is 16.6. The molecule has 2 aromatic rings. The second-order valence-electron chi connectivity index (χ2n) is 6.83. The van der Waals surface area contributed by atoms with Gasteiger partial charge in [0, 0.05) is 12.1 Å². The summed E-state index contributed by atoms with van der Waals surface area (Å²) in [5.41, 5.74) is 0.181. The Morgan fingerprint density at radius 1 is 0.966 bits per heavy atom. The fourth-order valence-electron chi connectivity index (χ4n) is 3.64. The maximum Gasteiger partial charge on any atom is 0.343 e. The van der Waals surface area contributed by atoms with Gasteiger partial charge in [0.25, 0.3) is 5.69 Å². The Balaban J connectivity index is 1.60. The number of rotatable bonds is 4. The predicted octanol–water partition coefficient (Wildman–Crippen LogP) is 3.27. The molecule has 0 aromatic heterocycles. The van der Waals surface area contributed by atoms with Crippen LogP contribution in [0.5, 0.6) is 5.75 Å². The summed E-state index contributed by atoms with van der Waals surface area (Å²) in [5.74, 6) is -2.07. The molecule has 1 heterocycles. The second-order valence-corrected chi connectivity index (χ2v) is 6.83. The van der Waals surface area contributed by atoms with Gasteiger partial charge in [-0.25, -0.2) is 9.69 Å². The predicted molar refractivity (Wildman–Crippen MR) is 102 cm³/mol. The highest BCUT2D eigenvalue weighted by molar-refractivity contribution is 6.23. The molecule has 2 aromatic carbocycles. The van der Waals surface area contributed by atoms with Crippen molar-refractivity contribution in [2.75, 3.05) is 4.90 Å². The van der Waals surface area contributed by atoms with Crippen molar-refractivity contribution in [1.82, 2.24) is 0 Å². The molecule has 2 atom stereocenters. The molecule has 2 amide bonds. The van der Waals surface area contributed by atoms with Gasteiger partial charge >= 0.3 is 5.97 Å². The number of nitro benzene ring substituents is 1. The van der Waals surface area contributed by atoms with Gasteiger partial charge in [-0.2, -0.15) is 0 Å². The number of ether oxygens (including phenoxy) is 1. The normalized spacial score (nSPS) is 20.5. The van der Waals surface area contributed by atoms with E-state index in [2.05, 4.69) is 0 Å². The maximum absolute atomic E-state index is 12.8. The first kappa shape index (κ1) is 18.5. The molecule has 8 nitrogen and oxygen atoms in total. The Labute approximate surface area is 165 Å². The van der Waals surface area contributed by atoms with Crippen LogP contribution < -0.4 is 9.64 Å². The van der Waals surface area contributed by atoms with Crippen LogP contribution in [0.2, 0.25) is 0 Å². The summed E-state index contributed by atoms with van der Waals surface area (Å²) >= 11 is 0. The SMILES string of the molecule is O=C(Oc1ccccc1N1C(=O)[C@H]2CC=CC[C@@H]2C1=O)c1ccc([N+](=O)[O-])cc1. The average Bonchev–Trinajstić information content (AvgIpc) is 2.99. The summed E-state index contributed by atoms with van der Waals surface area (Å²) in [5, 5.41) is 10.7. The molecule has 0 unspecified atom stereocenters. The number of nitrogens with zero attached hydrogens (tertiary/aromatic N) is 2. The molecule has 1 saturated heterocycles. The van der Waals surface area contributed by atoms with Crippen molar-refractivity contribution in [3.63, 3.8) is 0 Å². The molecule has 0 spiro atoms. The summed E-state index contributed by atoms with van der Waals surface area (Å²) in [7, 11) is 0. The minimum Gasteiger partial charge on any atom is -0.421 e. The summed E-state index contributed by atoms with van der Waals surface area (Å²) in [6.07, 6.45) is 4.82. The molecular weight excluding hydrogens is 376 g/mol. The van der Waals surface area contributed by atoms with E-state index in [4.69, 9.17) is 4.74 Å². The number of benzene rings is 2. The van der Waals surface area contributed by atoms with Crippen LogP contribution in [0.1, 0.15) is 23.2 Å². The standard InChI is InChI=1S/C21H16N2O6/c24-19-15-5-1-2-6-16(15)20(25)22(19)17-7-3-4-8-18(17)29-21(26)13-9-11-14(12-10-13)23(27)28/h1-4,7-12,15-16H,5-6H2/t15-,16-/m0/s1. The van der Waals surface area contributed by atoms with Crippen molar-refractivity contribution in [1.29, 1.82) is 0 Å². The Morgan fingerprint density at radius 2 is 1.55 bits per heavy atom. The van der Waals surface area contributed by atoms with Crippen molar-refractivity contribution in [2.24, 2.45) is 11.8 Å². The van der Waals surface area contributed by atoms with Crippen molar-refractivity contribution < 1.29 is 24.0 Å². The quantitative estimate of drug-likeness (QED) is 0.197. The number of carbonyl (C=O) groups is 3. The van der Waals surface area contributed by atoms with E-state index in [-0.39, 0.29) is 34.5 Å². The molecular formula is C21H16N2O6. The first-order valence-electron chi connectivity index (χ1n) is 9.06. The number of carbonyl (C=O) groups excluding carboxylic acids is 3. The van der Waals surface area contributed by atoms with E-state index in [0.717, 1.165) is 4.90 Å². The monoisotopic (exact) mass is 392 g/mol. The lowest BCUT2D eigenvalue weighted by Crippen LogP contribution is -2.31. The number of allylic oxidation sites excluding steroid dienone is 2. The van der Waals surface area contributed by atoms with Crippen molar-refractivity contribution in [3.8, 4) is 5.75 Å². The first-order valence-corrected chi connectivity index (χ1v) is 9.06. The molecule has 1 aliphatic carbocycles. The third-order valence-corrected chi connectivity index (χ3v) is 5.13. The van der Waals surface area contributed by atoms with Gasteiger partial charge in [-0.05, 0) is 37.1 Å². The zero-order valence-electron chi connectivity index (χ0n) is 15.2. The number of nitro groups is 1. The van der Waals surface area contributed by atoms with Crippen LogP contribution in [0.15, 0.2) is 60.7 Å². The van der Waals surface area contributed by atoms with Crippen LogP contribution in [0.4, 0.5) is 11.4 Å². The Bertz CT molecular complexity index is 1020. The molecule has 0 N–H and O–H groups in total. The largest absolute Gasteiger partial charge is 0.421 e. The van der Waals surface area contributed by atoms with Gasteiger partial charge in [0.05, 0.1) is 28.0 Å². The zero-order valence-corrected chi connectivity index (χ0v) is 15.2. The van der Waals surface area contributed by atoms with E-state index in [0.29, 0.717) is 12.8 Å². The highest BCUT2D eigenvalue weighted by Gasteiger charge is 2.48. The molecule has 2 aliphatic rings. The number of imide groups is 1. The number of hydrogen-bond donors (Lipinski definition) is 0. The number of esters is 1. The van der Waals surface area contributed by atoms with E-state index in [1.807, 2.05) is 12.2 Å². The molecule has 146 valence electrons. The lowest BCUT2D eigenvalue weighted by molar-refractivity contribution is -0.384. The third-order valence-electron chi connectivity index (χ3n) is 5.13. The first-order chi connectivity index (χ1) is 14.0. The molecule has 0 saturated carbocycles. The average molecular weight is 392 g/mol. The van der Waals surface area contributed by atoms with E-state index < -0.39 is 22.7 Å². The number of fused-ring (bicyclic) bond motifs is 1. The number of non-ortho nitro benzene ring substituents is 1. The summed E-state index contributed by atoms with van der Waals surface area (Å²) in [6.45, 7) is 0. The van der Waals surface area contributed by atoms with Crippen LogP contribution >= 0.6 is 0 Å². The second kappa shape index (κ2) is 7.31. The highest BCUT2D eigenvalue weighted by Crippen LogP contribution is 2.40. The topological polar surface area (TPSA) is 107 Å². The van der Waals surface area contributed by atoms with Crippen LogP contribution in [0.25, 0.3) is 0 Å². The van der Waals surface area contributed by atoms with Crippen LogP contribution in [0.3, 0.4) is 0 Å². The van der Waals surface area contributed by atoms with E-state index in [9.17, 15) is 24.5 Å².